The largest absolute Gasteiger partial charge is 0.494 e. The smallest absolute Gasteiger partial charge is 0.185 e. The Balaban J connectivity index is 1.31. The lowest BCUT2D eigenvalue weighted by Gasteiger charge is -2.29. The molecule has 0 N–H and O–H groups in total. The van der Waals surface area contributed by atoms with Gasteiger partial charge in [0.05, 0.1) is 25.5 Å². The number of unbranched alkanes of at least 4 members (excludes halogenated alkanes) is 9. The topological polar surface area (TPSA) is 40.6 Å². The van der Waals surface area contributed by atoms with Crippen molar-refractivity contribution in [1.82, 2.24) is 4.98 Å². The van der Waals surface area contributed by atoms with E-state index in [-0.39, 0.29) is 6.29 Å². The van der Waals surface area contributed by atoms with E-state index in [0.29, 0.717) is 5.92 Å². The Morgan fingerprint density at radius 2 is 1.50 bits per heavy atom. The highest BCUT2D eigenvalue weighted by Crippen LogP contribution is 2.29. The van der Waals surface area contributed by atoms with Crippen LogP contribution in [0.3, 0.4) is 0 Å². The molecule has 1 unspecified atom stereocenters. The number of nitrogens with zero attached hydrogens (tertiary/aromatic N) is 1. The third-order valence-corrected chi connectivity index (χ3v) is 7.95. The van der Waals surface area contributed by atoms with Gasteiger partial charge < -0.3 is 14.2 Å². The maximum absolute atomic E-state index is 6.06. The molecule has 0 aliphatic carbocycles. The average Bonchev–Trinajstić information content (AvgIpc) is 2.97. The zero-order valence-corrected chi connectivity index (χ0v) is 24.5. The molecule has 3 rings (SSSR count). The van der Waals surface area contributed by atoms with Gasteiger partial charge in [-0.1, -0.05) is 104 Å². The first kappa shape index (κ1) is 30.6. The first-order valence-corrected chi connectivity index (χ1v) is 15.6. The van der Waals surface area contributed by atoms with Crippen LogP contribution < -0.4 is 4.74 Å². The summed E-state index contributed by atoms with van der Waals surface area (Å²) in [7, 11) is 0. The van der Waals surface area contributed by atoms with Gasteiger partial charge in [0.2, 0.25) is 0 Å². The van der Waals surface area contributed by atoms with Crippen LogP contribution in [0.25, 0.3) is 11.3 Å². The molecular weight excluding hydrogens is 470 g/mol. The third kappa shape index (κ3) is 11.5. The number of hydrogen-bond donors (Lipinski definition) is 0. The minimum Gasteiger partial charge on any atom is -0.494 e. The molecule has 4 heteroatoms. The predicted octanol–water partition coefficient (Wildman–Crippen LogP) is 9.93. The molecule has 0 radical (unpaired) electrons. The monoisotopic (exact) mass is 523 g/mol. The second kappa shape index (κ2) is 18.4. The van der Waals surface area contributed by atoms with E-state index in [1.807, 2.05) is 18.3 Å². The minimum atomic E-state index is -0.299. The van der Waals surface area contributed by atoms with Crippen molar-refractivity contribution in [2.45, 2.75) is 117 Å². The Morgan fingerprint density at radius 1 is 0.816 bits per heavy atom. The van der Waals surface area contributed by atoms with Crippen LogP contribution in [0.2, 0.25) is 0 Å². The summed E-state index contributed by atoms with van der Waals surface area (Å²) in [5.41, 5.74) is 3.04. The third-order valence-electron chi connectivity index (χ3n) is 7.95. The number of benzene rings is 1. The van der Waals surface area contributed by atoms with E-state index >= 15 is 0 Å². The highest BCUT2D eigenvalue weighted by Gasteiger charge is 2.23. The zero-order chi connectivity index (χ0) is 26.8. The fourth-order valence-corrected chi connectivity index (χ4v) is 5.07. The van der Waals surface area contributed by atoms with E-state index in [9.17, 15) is 0 Å². The van der Waals surface area contributed by atoms with Crippen molar-refractivity contribution in [3.63, 3.8) is 0 Å². The van der Waals surface area contributed by atoms with E-state index in [1.165, 1.54) is 83.5 Å². The van der Waals surface area contributed by atoms with Crippen molar-refractivity contribution in [3.05, 3.63) is 48.2 Å². The van der Waals surface area contributed by atoms with Crippen molar-refractivity contribution in [2.75, 3.05) is 19.8 Å². The Hall–Kier alpha value is -1.91. The number of pyridine rings is 1. The van der Waals surface area contributed by atoms with Gasteiger partial charge >= 0.3 is 0 Å². The first-order valence-electron chi connectivity index (χ1n) is 15.6. The second-order valence-corrected chi connectivity index (χ2v) is 11.3. The SMILES string of the molecule is CCCCCCCCCCC1COC(c2ccc(-c3ccc(OCCCCCC(C)CC)cc3)nc2)OC1. The summed E-state index contributed by atoms with van der Waals surface area (Å²) in [5, 5.41) is 0. The molecule has 1 aliphatic heterocycles. The maximum atomic E-state index is 6.06. The number of hydrogen-bond acceptors (Lipinski definition) is 4. The molecule has 38 heavy (non-hydrogen) atoms. The van der Waals surface area contributed by atoms with E-state index in [4.69, 9.17) is 14.2 Å². The van der Waals surface area contributed by atoms with Crippen molar-refractivity contribution in [2.24, 2.45) is 11.8 Å². The lowest BCUT2D eigenvalue weighted by Crippen LogP contribution is -2.27. The Bertz CT molecular complexity index is 843. The van der Waals surface area contributed by atoms with Gasteiger partial charge in [0.1, 0.15) is 5.75 Å². The van der Waals surface area contributed by atoms with Gasteiger partial charge in [-0.15, -0.1) is 0 Å². The van der Waals surface area contributed by atoms with E-state index < -0.39 is 0 Å². The van der Waals surface area contributed by atoms with Crippen LogP contribution >= 0.6 is 0 Å². The Labute approximate surface area is 232 Å². The quantitative estimate of drug-likeness (QED) is 0.172. The maximum Gasteiger partial charge on any atom is 0.185 e. The molecule has 1 aromatic heterocycles. The van der Waals surface area contributed by atoms with Gasteiger partial charge in [0.15, 0.2) is 6.29 Å². The van der Waals surface area contributed by atoms with Crippen LogP contribution in [-0.4, -0.2) is 24.8 Å². The van der Waals surface area contributed by atoms with E-state index in [2.05, 4.69) is 50.0 Å². The normalized spacial score (nSPS) is 18.4. The lowest BCUT2D eigenvalue weighted by molar-refractivity contribution is -0.206. The molecule has 1 aromatic carbocycles. The molecule has 2 heterocycles. The molecule has 1 atom stereocenters. The lowest BCUT2D eigenvalue weighted by atomic mass is 10.0. The van der Waals surface area contributed by atoms with Gasteiger partial charge in [0, 0.05) is 23.2 Å². The molecule has 0 spiro atoms. The standard InChI is InChI=1S/C34H53NO3/c1-4-6-7-8-9-10-11-14-17-29-26-37-34(38-27-29)31-20-23-33(35-25-31)30-18-21-32(22-19-30)36-24-15-12-13-16-28(3)5-2/h18-23,25,28-29,34H,4-17,24,26-27H2,1-3H3. The van der Waals surface area contributed by atoms with Crippen LogP contribution in [0.15, 0.2) is 42.6 Å². The van der Waals surface area contributed by atoms with Crippen LogP contribution in [-0.2, 0) is 9.47 Å². The zero-order valence-electron chi connectivity index (χ0n) is 24.5. The molecule has 1 fully saturated rings. The van der Waals surface area contributed by atoms with E-state index in [1.54, 1.807) is 0 Å². The first-order chi connectivity index (χ1) is 18.7. The molecule has 212 valence electrons. The summed E-state index contributed by atoms with van der Waals surface area (Å²) in [6, 6.07) is 12.4. The van der Waals surface area contributed by atoms with Crippen LogP contribution in [0, 0.1) is 11.8 Å². The molecule has 2 aromatic rings. The molecular formula is C34H53NO3. The minimum absolute atomic E-state index is 0.299. The number of aromatic nitrogens is 1. The summed E-state index contributed by atoms with van der Waals surface area (Å²) >= 11 is 0. The van der Waals surface area contributed by atoms with Crippen molar-refractivity contribution in [3.8, 4) is 17.0 Å². The van der Waals surface area contributed by atoms with E-state index in [0.717, 1.165) is 54.7 Å². The van der Waals surface area contributed by atoms with Crippen molar-refractivity contribution < 1.29 is 14.2 Å². The van der Waals surface area contributed by atoms with Crippen LogP contribution in [0.1, 0.15) is 123 Å². The summed E-state index contributed by atoms with van der Waals surface area (Å²) < 4.78 is 18.1. The summed E-state index contributed by atoms with van der Waals surface area (Å²) in [6.07, 6.45) is 20.0. The molecule has 0 amide bonds. The predicted molar refractivity (Wildman–Crippen MR) is 158 cm³/mol. The Morgan fingerprint density at radius 3 is 2.16 bits per heavy atom. The van der Waals surface area contributed by atoms with Gasteiger partial charge in [-0.25, -0.2) is 0 Å². The van der Waals surface area contributed by atoms with Crippen LogP contribution in [0.5, 0.6) is 5.75 Å². The van der Waals surface area contributed by atoms with Crippen molar-refractivity contribution >= 4 is 0 Å². The van der Waals surface area contributed by atoms with Crippen LogP contribution in [0.4, 0.5) is 0 Å². The fourth-order valence-electron chi connectivity index (χ4n) is 5.07. The molecule has 1 aliphatic rings. The fraction of sp³-hybridized carbons (Fsp3) is 0.676. The molecule has 1 saturated heterocycles. The average molecular weight is 524 g/mol. The number of rotatable bonds is 19. The van der Waals surface area contributed by atoms with Gasteiger partial charge in [-0.05, 0) is 49.1 Å². The summed E-state index contributed by atoms with van der Waals surface area (Å²) in [6.45, 7) is 9.23. The molecule has 0 saturated carbocycles. The second-order valence-electron chi connectivity index (χ2n) is 11.3. The molecule has 4 nitrogen and oxygen atoms in total. The Kier molecular flexibility index (Phi) is 14.8. The molecule has 0 bridgehead atoms. The summed E-state index contributed by atoms with van der Waals surface area (Å²) in [5.74, 6) is 2.29. The summed E-state index contributed by atoms with van der Waals surface area (Å²) in [4.78, 5) is 4.69. The highest BCUT2D eigenvalue weighted by atomic mass is 16.7. The van der Waals surface area contributed by atoms with Gasteiger partial charge in [-0.3, -0.25) is 4.98 Å². The highest BCUT2D eigenvalue weighted by molar-refractivity contribution is 5.60. The van der Waals surface area contributed by atoms with Gasteiger partial charge in [-0.2, -0.15) is 0 Å². The van der Waals surface area contributed by atoms with Crippen molar-refractivity contribution in [1.29, 1.82) is 0 Å². The van der Waals surface area contributed by atoms with Gasteiger partial charge in [0.25, 0.3) is 0 Å². The number of ether oxygens (including phenoxy) is 3.